The van der Waals surface area contributed by atoms with Crippen LogP contribution in [0.5, 0.6) is 0 Å². The first kappa shape index (κ1) is 11.8. The first-order valence-electron chi connectivity index (χ1n) is 3.95. The molecule has 0 rings (SSSR count). The SMILES string of the molecule is C\C=C/C=C(\C=C\C=O)C(C)(N)F. The number of alkyl halides is 1. The van der Waals surface area contributed by atoms with Crippen molar-refractivity contribution in [3.05, 3.63) is 36.0 Å². The molecule has 3 heteroatoms. The quantitative estimate of drug-likeness (QED) is 0.313. The van der Waals surface area contributed by atoms with Gasteiger partial charge >= 0.3 is 0 Å². The summed E-state index contributed by atoms with van der Waals surface area (Å²) in [6.45, 7) is 3.04. The van der Waals surface area contributed by atoms with Gasteiger partial charge in [0.05, 0.1) is 0 Å². The minimum absolute atomic E-state index is 0.262. The van der Waals surface area contributed by atoms with E-state index in [2.05, 4.69) is 0 Å². The maximum absolute atomic E-state index is 13.2. The molecule has 0 saturated carbocycles. The summed E-state index contributed by atoms with van der Waals surface area (Å²) < 4.78 is 13.2. The van der Waals surface area contributed by atoms with Crippen LogP contribution in [0.3, 0.4) is 0 Å². The summed E-state index contributed by atoms with van der Waals surface area (Å²) in [5.74, 6) is -1.92. The fourth-order valence-electron chi connectivity index (χ4n) is 0.724. The minimum Gasteiger partial charge on any atom is -0.299 e. The molecule has 2 nitrogen and oxygen atoms in total. The number of nitrogens with two attached hydrogens (primary N) is 1. The van der Waals surface area contributed by atoms with Gasteiger partial charge in [-0.05, 0) is 19.9 Å². The Balaban J connectivity index is 4.75. The summed E-state index contributed by atoms with van der Waals surface area (Å²) in [6.07, 6.45) is 8.08. The van der Waals surface area contributed by atoms with Crippen LogP contribution in [0.15, 0.2) is 36.0 Å². The predicted molar refractivity (Wildman–Crippen MR) is 51.8 cm³/mol. The van der Waals surface area contributed by atoms with E-state index in [4.69, 9.17) is 5.73 Å². The second-order valence-electron chi connectivity index (χ2n) is 2.72. The lowest BCUT2D eigenvalue weighted by Gasteiger charge is -2.14. The molecule has 0 amide bonds. The minimum atomic E-state index is -1.92. The van der Waals surface area contributed by atoms with Gasteiger partial charge in [-0.15, -0.1) is 0 Å². The Kier molecular flexibility index (Phi) is 4.92. The van der Waals surface area contributed by atoms with Crippen LogP contribution in [0, 0.1) is 0 Å². The van der Waals surface area contributed by atoms with Gasteiger partial charge < -0.3 is 0 Å². The second kappa shape index (κ2) is 5.43. The van der Waals surface area contributed by atoms with Gasteiger partial charge in [-0.3, -0.25) is 10.5 Å². The van der Waals surface area contributed by atoms with Crippen LogP contribution in [-0.4, -0.2) is 12.1 Å². The van der Waals surface area contributed by atoms with Gasteiger partial charge in [0, 0.05) is 5.57 Å². The number of carbonyl (C=O) groups excluding carboxylic acids is 1. The summed E-state index contributed by atoms with van der Waals surface area (Å²) in [5.41, 5.74) is 5.49. The van der Waals surface area contributed by atoms with Crippen LogP contribution >= 0.6 is 0 Å². The van der Waals surface area contributed by atoms with Crippen molar-refractivity contribution in [1.29, 1.82) is 0 Å². The average molecular weight is 183 g/mol. The maximum Gasteiger partial charge on any atom is 0.182 e. The lowest BCUT2D eigenvalue weighted by Crippen LogP contribution is -2.31. The number of hydrogen-bond acceptors (Lipinski definition) is 2. The zero-order valence-corrected chi connectivity index (χ0v) is 7.83. The van der Waals surface area contributed by atoms with Crippen molar-refractivity contribution in [1.82, 2.24) is 0 Å². The van der Waals surface area contributed by atoms with Gasteiger partial charge in [0.15, 0.2) is 5.79 Å². The van der Waals surface area contributed by atoms with Crippen LogP contribution in [0.1, 0.15) is 13.8 Å². The van der Waals surface area contributed by atoms with E-state index in [-0.39, 0.29) is 5.57 Å². The third kappa shape index (κ3) is 5.09. The number of halogens is 1. The Morgan fingerprint density at radius 1 is 1.46 bits per heavy atom. The van der Waals surface area contributed by atoms with E-state index in [0.717, 1.165) is 0 Å². The molecule has 0 saturated heterocycles. The summed E-state index contributed by atoms with van der Waals surface area (Å²) >= 11 is 0. The van der Waals surface area contributed by atoms with E-state index in [0.29, 0.717) is 6.29 Å². The zero-order valence-electron chi connectivity index (χ0n) is 7.83. The van der Waals surface area contributed by atoms with E-state index in [1.807, 2.05) is 6.92 Å². The van der Waals surface area contributed by atoms with Crippen molar-refractivity contribution in [2.45, 2.75) is 19.6 Å². The van der Waals surface area contributed by atoms with E-state index >= 15 is 0 Å². The lowest BCUT2D eigenvalue weighted by molar-refractivity contribution is -0.104. The molecule has 0 aliphatic carbocycles. The summed E-state index contributed by atoms with van der Waals surface area (Å²) in [5, 5.41) is 0. The van der Waals surface area contributed by atoms with Crippen molar-refractivity contribution in [3.63, 3.8) is 0 Å². The molecule has 72 valence electrons. The van der Waals surface area contributed by atoms with Crippen molar-refractivity contribution in [3.8, 4) is 0 Å². The van der Waals surface area contributed by atoms with Crippen LogP contribution in [0.2, 0.25) is 0 Å². The molecule has 0 aliphatic heterocycles. The third-order valence-corrected chi connectivity index (χ3v) is 1.39. The zero-order chi connectivity index (χ0) is 10.3. The fourth-order valence-corrected chi connectivity index (χ4v) is 0.724. The molecule has 2 N–H and O–H groups in total. The highest BCUT2D eigenvalue weighted by molar-refractivity contribution is 5.66. The number of rotatable bonds is 4. The van der Waals surface area contributed by atoms with Gasteiger partial charge in [-0.2, -0.15) is 0 Å². The van der Waals surface area contributed by atoms with Gasteiger partial charge in [-0.1, -0.05) is 24.3 Å². The van der Waals surface area contributed by atoms with Gasteiger partial charge in [0.2, 0.25) is 0 Å². The van der Waals surface area contributed by atoms with Crippen LogP contribution < -0.4 is 5.73 Å². The Bertz CT molecular complexity index is 246. The molecule has 13 heavy (non-hydrogen) atoms. The van der Waals surface area contributed by atoms with E-state index < -0.39 is 5.79 Å². The van der Waals surface area contributed by atoms with E-state index in [1.54, 1.807) is 12.2 Å². The average Bonchev–Trinajstić information content (AvgIpc) is 2.02. The highest BCUT2D eigenvalue weighted by atomic mass is 19.1. The van der Waals surface area contributed by atoms with Crippen LogP contribution in [-0.2, 0) is 4.79 Å². The topological polar surface area (TPSA) is 43.1 Å². The molecule has 1 unspecified atom stereocenters. The molecular formula is C10H14FNO. The van der Waals surface area contributed by atoms with Crippen molar-refractivity contribution < 1.29 is 9.18 Å². The standard InChI is InChI=1S/C10H14FNO/c1-3-4-6-9(7-5-8-13)10(2,11)12/h3-8H,12H2,1-2H3/b4-3-,7-5+,9-6+. The molecule has 0 spiro atoms. The molecule has 0 aromatic rings. The Hall–Kier alpha value is -1.22. The van der Waals surface area contributed by atoms with Gasteiger partial charge in [0.1, 0.15) is 6.29 Å². The summed E-state index contributed by atoms with van der Waals surface area (Å²) in [6, 6.07) is 0. The molecule has 0 bridgehead atoms. The smallest absolute Gasteiger partial charge is 0.182 e. The molecule has 0 fully saturated rings. The second-order valence-corrected chi connectivity index (χ2v) is 2.72. The molecule has 0 aromatic heterocycles. The largest absolute Gasteiger partial charge is 0.299 e. The normalized spacial score (nSPS) is 18.0. The molecule has 0 aromatic carbocycles. The van der Waals surface area contributed by atoms with E-state index in [1.165, 1.54) is 25.2 Å². The van der Waals surface area contributed by atoms with Gasteiger partial charge in [0.25, 0.3) is 0 Å². The highest BCUT2D eigenvalue weighted by Gasteiger charge is 2.19. The molecule has 0 aliphatic rings. The van der Waals surface area contributed by atoms with Crippen molar-refractivity contribution in [2.24, 2.45) is 5.73 Å². The van der Waals surface area contributed by atoms with Crippen LogP contribution in [0.25, 0.3) is 0 Å². The molecule has 1 atom stereocenters. The summed E-state index contributed by atoms with van der Waals surface area (Å²) in [4.78, 5) is 10.0. The molecule has 0 heterocycles. The number of hydrogen-bond donors (Lipinski definition) is 1. The Morgan fingerprint density at radius 3 is 2.46 bits per heavy atom. The number of carbonyl (C=O) groups is 1. The number of aldehydes is 1. The predicted octanol–water partition coefficient (Wildman–Crippen LogP) is 1.89. The fraction of sp³-hybridized carbons (Fsp3) is 0.300. The Morgan fingerprint density at radius 2 is 2.08 bits per heavy atom. The first-order chi connectivity index (χ1) is 6.02. The van der Waals surface area contributed by atoms with E-state index in [9.17, 15) is 9.18 Å². The molecule has 0 radical (unpaired) electrons. The van der Waals surface area contributed by atoms with Crippen LogP contribution in [0.4, 0.5) is 4.39 Å². The monoisotopic (exact) mass is 183 g/mol. The third-order valence-electron chi connectivity index (χ3n) is 1.39. The first-order valence-corrected chi connectivity index (χ1v) is 3.95. The number of allylic oxidation sites excluding steroid dienone is 4. The highest BCUT2D eigenvalue weighted by Crippen LogP contribution is 2.16. The van der Waals surface area contributed by atoms with Crippen molar-refractivity contribution >= 4 is 6.29 Å². The maximum atomic E-state index is 13.2. The Labute approximate surface area is 77.6 Å². The molecular weight excluding hydrogens is 169 g/mol. The summed E-state index contributed by atoms with van der Waals surface area (Å²) in [7, 11) is 0. The van der Waals surface area contributed by atoms with Crippen molar-refractivity contribution in [2.75, 3.05) is 0 Å². The lowest BCUT2D eigenvalue weighted by atomic mass is 10.1. The van der Waals surface area contributed by atoms with Gasteiger partial charge in [-0.25, -0.2) is 4.39 Å².